The van der Waals surface area contributed by atoms with Gasteiger partial charge in [0.1, 0.15) is 0 Å². The first-order valence-corrected chi connectivity index (χ1v) is 8.23. The Morgan fingerprint density at radius 1 is 1.22 bits per heavy atom. The first-order chi connectivity index (χ1) is 8.23. The van der Waals surface area contributed by atoms with Gasteiger partial charge < -0.3 is 5.73 Å². The van der Waals surface area contributed by atoms with Crippen molar-refractivity contribution in [2.45, 2.75) is 64.5 Å². The molecule has 4 N–H and O–H groups in total. The van der Waals surface area contributed by atoms with Gasteiger partial charge in [0.05, 0.1) is 0 Å². The molecule has 0 radical (unpaired) electrons. The molecule has 0 amide bonds. The maximum Gasteiger partial charge on any atom is 0.277 e. The van der Waals surface area contributed by atoms with Crippen LogP contribution in [-0.2, 0) is 10.2 Å². The van der Waals surface area contributed by atoms with Crippen molar-refractivity contribution in [1.82, 2.24) is 9.44 Å². The zero-order valence-electron chi connectivity index (χ0n) is 11.7. The van der Waals surface area contributed by atoms with Crippen molar-refractivity contribution in [3.05, 3.63) is 0 Å². The van der Waals surface area contributed by atoms with Gasteiger partial charge in [-0.15, -0.1) is 0 Å². The molecule has 1 rings (SSSR count). The van der Waals surface area contributed by atoms with Crippen LogP contribution >= 0.6 is 0 Å². The van der Waals surface area contributed by atoms with Gasteiger partial charge in [-0.05, 0) is 39.5 Å². The number of hydrogen-bond acceptors (Lipinski definition) is 3. The van der Waals surface area contributed by atoms with E-state index in [9.17, 15) is 8.42 Å². The van der Waals surface area contributed by atoms with Crippen LogP contribution in [0.5, 0.6) is 0 Å². The molecule has 1 saturated carbocycles. The van der Waals surface area contributed by atoms with Crippen molar-refractivity contribution in [3.8, 4) is 0 Å². The molecule has 0 spiro atoms. The molecule has 18 heavy (non-hydrogen) atoms. The largest absolute Gasteiger partial charge is 0.329 e. The summed E-state index contributed by atoms with van der Waals surface area (Å²) in [4.78, 5) is 0. The average Bonchev–Trinajstić information content (AvgIpc) is 2.24. The van der Waals surface area contributed by atoms with Crippen LogP contribution in [0.4, 0.5) is 0 Å². The van der Waals surface area contributed by atoms with E-state index in [1.54, 1.807) is 0 Å². The first kappa shape index (κ1) is 15.9. The van der Waals surface area contributed by atoms with E-state index in [0.717, 1.165) is 12.8 Å². The van der Waals surface area contributed by atoms with Gasteiger partial charge in [0.25, 0.3) is 10.2 Å². The molecule has 6 heteroatoms. The third kappa shape index (κ3) is 5.65. The third-order valence-electron chi connectivity index (χ3n) is 3.22. The van der Waals surface area contributed by atoms with Crippen molar-refractivity contribution < 1.29 is 8.42 Å². The van der Waals surface area contributed by atoms with E-state index in [-0.39, 0.29) is 6.04 Å². The second-order valence-electron chi connectivity index (χ2n) is 6.21. The fourth-order valence-corrected chi connectivity index (χ4v) is 4.06. The Hall–Kier alpha value is -0.170. The predicted molar refractivity (Wildman–Crippen MR) is 74.4 cm³/mol. The van der Waals surface area contributed by atoms with Crippen LogP contribution in [0.15, 0.2) is 0 Å². The van der Waals surface area contributed by atoms with Crippen LogP contribution in [0.3, 0.4) is 0 Å². The average molecular weight is 277 g/mol. The van der Waals surface area contributed by atoms with Gasteiger partial charge in [-0.1, -0.05) is 19.3 Å². The second-order valence-corrected chi connectivity index (χ2v) is 7.66. The van der Waals surface area contributed by atoms with Crippen LogP contribution in [-0.4, -0.2) is 26.5 Å². The molecule has 0 aliphatic heterocycles. The quantitative estimate of drug-likeness (QED) is 0.704. The molecule has 0 bridgehead atoms. The number of rotatable bonds is 5. The first-order valence-electron chi connectivity index (χ1n) is 6.75. The summed E-state index contributed by atoms with van der Waals surface area (Å²) in [6, 6.07) is -0.148. The van der Waals surface area contributed by atoms with Gasteiger partial charge in [-0.25, -0.2) is 0 Å². The Kier molecular flexibility index (Phi) is 5.58. The van der Waals surface area contributed by atoms with Gasteiger partial charge in [-0.2, -0.15) is 17.9 Å². The highest BCUT2D eigenvalue weighted by molar-refractivity contribution is 7.87. The van der Waals surface area contributed by atoms with Crippen LogP contribution in [0, 0.1) is 5.92 Å². The molecule has 0 aromatic carbocycles. The molecule has 1 fully saturated rings. The smallest absolute Gasteiger partial charge is 0.277 e. The van der Waals surface area contributed by atoms with Crippen LogP contribution in [0.25, 0.3) is 0 Å². The predicted octanol–water partition coefficient (Wildman–Crippen LogP) is 1.12. The van der Waals surface area contributed by atoms with Crippen molar-refractivity contribution in [1.29, 1.82) is 0 Å². The van der Waals surface area contributed by atoms with Gasteiger partial charge in [0.2, 0.25) is 0 Å². The number of nitrogens with two attached hydrogens (primary N) is 1. The van der Waals surface area contributed by atoms with E-state index in [2.05, 4.69) is 9.44 Å². The highest BCUT2D eigenvalue weighted by Gasteiger charge is 2.28. The fraction of sp³-hybridized carbons (Fsp3) is 1.00. The molecule has 0 heterocycles. The molecule has 0 aromatic heterocycles. The molecule has 1 unspecified atom stereocenters. The van der Waals surface area contributed by atoms with Gasteiger partial charge >= 0.3 is 0 Å². The lowest BCUT2D eigenvalue weighted by atomic mass is 9.84. The van der Waals surface area contributed by atoms with E-state index in [1.165, 1.54) is 19.3 Å². The van der Waals surface area contributed by atoms with Gasteiger partial charge in [0, 0.05) is 18.1 Å². The molecule has 108 valence electrons. The summed E-state index contributed by atoms with van der Waals surface area (Å²) in [5, 5.41) is 0. The van der Waals surface area contributed by atoms with E-state index >= 15 is 0 Å². The van der Waals surface area contributed by atoms with Crippen molar-refractivity contribution in [2.75, 3.05) is 6.54 Å². The second kappa shape index (κ2) is 6.32. The van der Waals surface area contributed by atoms with Gasteiger partial charge in [-0.3, -0.25) is 0 Å². The minimum absolute atomic E-state index is 0.148. The molecular formula is C12H27N3O2S. The summed E-state index contributed by atoms with van der Waals surface area (Å²) in [7, 11) is -3.48. The SMILES string of the molecule is CC(C)(C)NS(=O)(=O)NC(CN)C1CCCCC1. The summed E-state index contributed by atoms with van der Waals surface area (Å²) in [6.45, 7) is 5.83. The van der Waals surface area contributed by atoms with Crippen LogP contribution < -0.4 is 15.2 Å². The Bertz CT molecular complexity index is 343. The van der Waals surface area contributed by atoms with E-state index in [4.69, 9.17) is 5.73 Å². The Balaban J connectivity index is 2.61. The summed E-state index contributed by atoms with van der Waals surface area (Å²) in [6.07, 6.45) is 5.74. The minimum atomic E-state index is -3.48. The van der Waals surface area contributed by atoms with E-state index in [0.29, 0.717) is 12.5 Å². The van der Waals surface area contributed by atoms with E-state index in [1.807, 2.05) is 20.8 Å². The van der Waals surface area contributed by atoms with Crippen LogP contribution in [0.2, 0.25) is 0 Å². The molecule has 0 saturated heterocycles. The van der Waals surface area contributed by atoms with Crippen molar-refractivity contribution in [2.24, 2.45) is 11.7 Å². The lowest BCUT2D eigenvalue weighted by Gasteiger charge is -2.31. The summed E-state index contributed by atoms with van der Waals surface area (Å²) in [5.41, 5.74) is 5.25. The summed E-state index contributed by atoms with van der Waals surface area (Å²) >= 11 is 0. The lowest BCUT2D eigenvalue weighted by molar-refractivity contribution is 0.292. The molecule has 1 aliphatic carbocycles. The van der Waals surface area contributed by atoms with Crippen molar-refractivity contribution >= 4 is 10.2 Å². The Labute approximate surface area is 111 Å². The zero-order chi connectivity index (χ0) is 13.8. The Morgan fingerprint density at radius 3 is 2.22 bits per heavy atom. The highest BCUT2D eigenvalue weighted by atomic mass is 32.2. The maximum atomic E-state index is 12.0. The van der Waals surface area contributed by atoms with E-state index < -0.39 is 15.7 Å². The summed E-state index contributed by atoms with van der Waals surface area (Å²) in [5.74, 6) is 0.375. The minimum Gasteiger partial charge on any atom is -0.329 e. The monoisotopic (exact) mass is 277 g/mol. The number of hydrogen-bond donors (Lipinski definition) is 3. The topological polar surface area (TPSA) is 84.2 Å². The molecule has 0 aromatic rings. The number of nitrogens with one attached hydrogen (secondary N) is 2. The highest BCUT2D eigenvalue weighted by Crippen LogP contribution is 2.26. The van der Waals surface area contributed by atoms with Gasteiger partial charge in [0.15, 0.2) is 0 Å². The maximum absolute atomic E-state index is 12.0. The molecular weight excluding hydrogens is 250 g/mol. The molecule has 1 atom stereocenters. The molecule has 5 nitrogen and oxygen atoms in total. The zero-order valence-corrected chi connectivity index (χ0v) is 12.5. The van der Waals surface area contributed by atoms with Crippen molar-refractivity contribution in [3.63, 3.8) is 0 Å². The summed E-state index contributed by atoms with van der Waals surface area (Å²) < 4.78 is 29.3. The normalized spacial score (nSPS) is 20.9. The van der Waals surface area contributed by atoms with Crippen LogP contribution in [0.1, 0.15) is 52.9 Å². The fourth-order valence-electron chi connectivity index (χ4n) is 2.51. The third-order valence-corrected chi connectivity index (χ3v) is 4.71. The lowest BCUT2D eigenvalue weighted by Crippen LogP contribution is -2.53. The standard InChI is InChI=1S/C12H27N3O2S/c1-12(2,3)15-18(16,17)14-11(9-13)10-7-5-4-6-8-10/h10-11,14-15H,4-9,13H2,1-3H3. The Morgan fingerprint density at radius 2 is 1.78 bits per heavy atom. The molecule has 1 aliphatic rings.